The van der Waals surface area contributed by atoms with Gasteiger partial charge in [-0.05, 0) is 37.7 Å². The van der Waals surface area contributed by atoms with Gasteiger partial charge in [0.15, 0.2) is 0 Å². The third kappa shape index (κ3) is 3.83. The van der Waals surface area contributed by atoms with Crippen LogP contribution in [0, 0.1) is 5.92 Å². The lowest BCUT2D eigenvalue weighted by atomic mass is 10.1. The number of nitrogens with zero attached hydrogens (tertiary/aromatic N) is 1. The zero-order chi connectivity index (χ0) is 14.5. The van der Waals surface area contributed by atoms with E-state index in [1.165, 1.54) is 18.4 Å². The van der Waals surface area contributed by atoms with Gasteiger partial charge in [-0.15, -0.1) is 0 Å². The van der Waals surface area contributed by atoms with E-state index in [1.54, 1.807) is 0 Å². The monoisotopic (exact) mass is 274 g/mol. The second kappa shape index (κ2) is 6.89. The van der Waals surface area contributed by atoms with E-state index in [0.717, 1.165) is 12.8 Å². The Morgan fingerprint density at radius 3 is 2.55 bits per heavy atom. The molecule has 1 unspecified atom stereocenters. The van der Waals surface area contributed by atoms with Crippen molar-refractivity contribution in [2.75, 3.05) is 0 Å². The Balaban J connectivity index is 2.09. The lowest BCUT2D eigenvalue weighted by molar-refractivity contribution is -0.136. The summed E-state index contributed by atoms with van der Waals surface area (Å²) in [6.45, 7) is 4.91. The molecule has 0 aliphatic heterocycles. The van der Waals surface area contributed by atoms with Crippen molar-refractivity contribution in [1.29, 1.82) is 0 Å². The summed E-state index contributed by atoms with van der Waals surface area (Å²) in [5.74, 6) is 0.770. The van der Waals surface area contributed by atoms with E-state index < -0.39 is 0 Å². The summed E-state index contributed by atoms with van der Waals surface area (Å²) in [6, 6.07) is 10.1. The zero-order valence-corrected chi connectivity index (χ0v) is 12.6. The van der Waals surface area contributed by atoms with Crippen molar-refractivity contribution in [2.45, 2.75) is 58.2 Å². The van der Waals surface area contributed by atoms with Crippen molar-refractivity contribution in [1.82, 2.24) is 4.90 Å². The molecule has 0 spiro atoms. The van der Waals surface area contributed by atoms with Gasteiger partial charge in [-0.1, -0.05) is 43.7 Å². The summed E-state index contributed by atoms with van der Waals surface area (Å²) < 4.78 is 0. The lowest BCUT2D eigenvalue weighted by Crippen LogP contribution is -2.48. The van der Waals surface area contributed by atoms with Gasteiger partial charge in [0.1, 0.15) is 0 Å². The van der Waals surface area contributed by atoms with Crippen molar-refractivity contribution < 1.29 is 4.79 Å². The van der Waals surface area contributed by atoms with Crippen molar-refractivity contribution >= 4 is 5.91 Å². The highest BCUT2D eigenvalue weighted by molar-refractivity contribution is 5.82. The SMILES string of the molecule is CCC[C@@H](N)C(=O)N(Cc1ccccc1)C(C)C1CC1. The molecule has 3 heteroatoms. The Bertz CT molecular complexity index is 428. The average Bonchev–Trinajstić information content (AvgIpc) is 3.29. The van der Waals surface area contributed by atoms with Crippen LogP contribution in [0.4, 0.5) is 0 Å². The third-order valence-corrected chi connectivity index (χ3v) is 4.19. The molecular weight excluding hydrogens is 248 g/mol. The van der Waals surface area contributed by atoms with Gasteiger partial charge in [0.25, 0.3) is 0 Å². The second-order valence-electron chi connectivity index (χ2n) is 5.92. The molecule has 2 N–H and O–H groups in total. The molecule has 1 aromatic rings. The Morgan fingerprint density at radius 2 is 2.00 bits per heavy atom. The van der Waals surface area contributed by atoms with Crippen molar-refractivity contribution in [3.05, 3.63) is 35.9 Å². The summed E-state index contributed by atoms with van der Waals surface area (Å²) in [7, 11) is 0. The molecule has 1 saturated carbocycles. The minimum absolute atomic E-state index is 0.107. The fourth-order valence-electron chi connectivity index (χ4n) is 2.68. The van der Waals surface area contributed by atoms with Crippen LogP contribution < -0.4 is 5.73 Å². The number of carbonyl (C=O) groups is 1. The highest BCUT2D eigenvalue weighted by Crippen LogP contribution is 2.36. The van der Waals surface area contributed by atoms with E-state index in [1.807, 2.05) is 23.1 Å². The quantitative estimate of drug-likeness (QED) is 0.831. The molecule has 110 valence electrons. The summed E-state index contributed by atoms with van der Waals surface area (Å²) in [6.07, 6.45) is 4.19. The van der Waals surface area contributed by atoms with Gasteiger partial charge < -0.3 is 10.6 Å². The maximum Gasteiger partial charge on any atom is 0.240 e. The summed E-state index contributed by atoms with van der Waals surface area (Å²) in [4.78, 5) is 14.6. The Morgan fingerprint density at radius 1 is 1.35 bits per heavy atom. The van der Waals surface area contributed by atoms with E-state index in [2.05, 4.69) is 26.0 Å². The van der Waals surface area contributed by atoms with E-state index in [9.17, 15) is 4.79 Å². The number of rotatable bonds is 7. The predicted molar refractivity (Wildman–Crippen MR) is 82.1 cm³/mol. The topological polar surface area (TPSA) is 46.3 Å². The molecule has 0 heterocycles. The Kier molecular flexibility index (Phi) is 5.18. The molecule has 0 saturated heterocycles. The van der Waals surface area contributed by atoms with Gasteiger partial charge >= 0.3 is 0 Å². The molecule has 1 aliphatic carbocycles. The van der Waals surface area contributed by atoms with Crippen LogP contribution in [0.1, 0.15) is 45.1 Å². The van der Waals surface area contributed by atoms with Crippen molar-refractivity contribution in [2.24, 2.45) is 11.7 Å². The van der Waals surface area contributed by atoms with Gasteiger partial charge in [-0.2, -0.15) is 0 Å². The molecule has 2 rings (SSSR count). The first-order valence-corrected chi connectivity index (χ1v) is 7.73. The first kappa shape index (κ1) is 15.0. The summed E-state index contributed by atoms with van der Waals surface area (Å²) in [5, 5.41) is 0. The minimum Gasteiger partial charge on any atom is -0.334 e. The minimum atomic E-state index is -0.357. The highest BCUT2D eigenvalue weighted by Gasteiger charge is 2.35. The van der Waals surface area contributed by atoms with E-state index in [-0.39, 0.29) is 11.9 Å². The molecule has 0 bridgehead atoms. The molecule has 1 aliphatic rings. The van der Waals surface area contributed by atoms with Crippen LogP contribution in [0.25, 0.3) is 0 Å². The Labute approximate surface area is 122 Å². The van der Waals surface area contributed by atoms with Crippen LogP contribution >= 0.6 is 0 Å². The van der Waals surface area contributed by atoms with Gasteiger partial charge in [0.2, 0.25) is 5.91 Å². The van der Waals surface area contributed by atoms with Crippen LogP contribution in [-0.4, -0.2) is 22.9 Å². The number of hydrogen-bond acceptors (Lipinski definition) is 2. The smallest absolute Gasteiger partial charge is 0.240 e. The molecule has 3 nitrogen and oxygen atoms in total. The van der Waals surface area contributed by atoms with E-state index in [4.69, 9.17) is 5.73 Å². The zero-order valence-electron chi connectivity index (χ0n) is 12.6. The molecule has 0 aromatic heterocycles. The second-order valence-corrected chi connectivity index (χ2v) is 5.92. The summed E-state index contributed by atoms with van der Waals surface area (Å²) in [5.41, 5.74) is 7.23. The van der Waals surface area contributed by atoms with E-state index >= 15 is 0 Å². The van der Waals surface area contributed by atoms with Gasteiger partial charge in [0, 0.05) is 12.6 Å². The van der Waals surface area contributed by atoms with Crippen LogP contribution in [0.5, 0.6) is 0 Å². The number of amides is 1. The molecule has 1 fully saturated rings. The first-order valence-electron chi connectivity index (χ1n) is 7.73. The molecule has 0 radical (unpaired) electrons. The number of carbonyl (C=O) groups excluding carboxylic acids is 1. The van der Waals surface area contributed by atoms with Gasteiger partial charge in [-0.25, -0.2) is 0 Å². The fraction of sp³-hybridized carbons (Fsp3) is 0.588. The third-order valence-electron chi connectivity index (χ3n) is 4.19. The summed E-state index contributed by atoms with van der Waals surface area (Å²) >= 11 is 0. The average molecular weight is 274 g/mol. The van der Waals surface area contributed by atoms with Gasteiger partial charge in [0.05, 0.1) is 6.04 Å². The predicted octanol–water partition coefficient (Wildman–Crippen LogP) is 2.94. The van der Waals surface area contributed by atoms with Crippen LogP contribution in [0.15, 0.2) is 30.3 Å². The van der Waals surface area contributed by atoms with Gasteiger partial charge in [-0.3, -0.25) is 4.79 Å². The van der Waals surface area contributed by atoms with Crippen LogP contribution in [-0.2, 0) is 11.3 Å². The maximum absolute atomic E-state index is 12.6. The Hall–Kier alpha value is -1.35. The fourth-order valence-corrected chi connectivity index (χ4v) is 2.68. The molecule has 20 heavy (non-hydrogen) atoms. The number of benzene rings is 1. The largest absolute Gasteiger partial charge is 0.334 e. The maximum atomic E-state index is 12.6. The molecular formula is C17H26N2O. The van der Waals surface area contributed by atoms with Crippen molar-refractivity contribution in [3.8, 4) is 0 Å². The lowest BCUT2D eigenvalue weighted by Gasteiger charge is -2.32. The number of hydrogen-bond donors (Lipinski definition) is 1. The first-order chi connectivity index (χ1) is 9.63. The van der Waals surface area contributed by atoms with Crippen LogP contribution in [0.3, 0.4) is 0 Å². The highest BCUT2D eigenvalue weighted by atomic mass is 16.2. The van der Waals surface area contributed by atoms with E-state index in [0.29, 0.717) is 18.5 Å². The molecule has 1 aromatic carbocycles. The number of nitrogens with two attached hydrogens (primary N) is 1. The molecule has 1 amide bonds. The standard InChI is InChI=1S/C17H26N2O/c1-3-7-16(18)17(20)19(13(2)15-10-11-15)12-14-8-5-4-6-9-14/h4-6,8-9,13,15-16H,3,7,10-12,18H2,1-2H3/t13?,16-/m1/s1. The molecule has 2 atom stereocenters. The van der Waals surface area contributed by atoms with Crippen LogP contribution in [0.2, 0.25) is 0 Å². The normalized spacial score (nSPS) is 17.6. The van der Waals surface area contributed by atoms with Crippen molar-refractivity contribution in [3.63, 3.8) is 0 Å².